The molecule has 0 bridgehead atoms. The van der Waals surface area contributed by atoms with Gasteiger partial charge in [-0.15, -0.1) is 0 Å². The third kappa shape index (κ3) is 5.06. The lowest BCUT2D eigenvalue weighted by Gasteiger charge is -2.39. The van der Waals surface area contributed by atoms with Gasteiger partial charge in [0.15, 0.2) is 29.8 Å². The number of hydrogen-bond donors (Lipinski definition) is 3. The molecule has 0 atom stereocenters. The van der Waals surface area contributed by atoms with Crippen LogP contribution in [0.1, 0.15) is 19.4 Å². The predicted molar refractivity (Wildman–Crippen MR) is 128 cm³/mol. The Morgan fingerprint density at radius 3 is 2.83 bits per heavy atom. The molecule has 2 aliphatic rings. The van der Waals surface area contributed by atoms with Crippen LogP contribution in [0.25, 0.3) is 0 Å². The Labute approximate surface area is 201 Å². The molecule has 12 heteroatoms. The molecule has 3 aromatic heterocycles. The lowest BCUT2D eigenvalue weighted by Crippen LogP contribution is -2.48. The third-order valence-electron chi connectivity index (χ3n) is 5.50. The molecular formula is C23H25FN8O3. The van der Waals surface area contributed by atoms with E-state index in [1.165, 1.54) is 0 Å². The van der Waals surface area contributed by atoms with Crippen molar-refractivity contribution >= 4 is 40.8 Å². The summed E-state index contributed by atoms with van der Waals surface area (Å²) in [6, 6.07) is 5.18. The second-order valence-electron chi connectivity index (χ2n) is 8.91. The van der Waals surface area contributed by atoms with Gasteiger partial charge in [-0.3, -0.25) is 4.79 Å². The van der Waals surface area contributed by atoms with Crippen molar-refractivity contribution in [1.29, 1.82) is 0 Å². The largest absolute Gasteiger partial charge is 0.480 e. The number of halogens is 1. The first-order chi connectivity index (χ1) is 16.8. The molecule has 0 aromatic carbocycles. The molecule has 5 heterocycles. The van der Waals surface area contributed by atoms with Gasteiger partial charge in [0, 0.05) is 13.1 Å². The number of pyridine rings is 2. The topological polar surface area (TPSA) is 126 Å². The second-order valence-corrected chi connectivity index (χ2v) is 8.91. The predicted octanol–water partition coefficient (Wildman–Crippen LogP) is 3.15. The van der Waals surface area contributed by atoms with Crippen molar-refractivity contribution in [3.63, 3.8) is 0 Å². The quantitative estimate of drug-likeness (QED) is 0.501. The van der Waals surface area contributed by atoms with Crippen LogP contribution in [0, 0.1) is 12.7 Å². The Bertz CT molecular complexity index is 1290. The molecule has 5 rings (SSSR count). The van der Waals surface area contributed by atoms with Crippen LogP contribution in [0.4, 0.5) is 39.3 Å². The second kappa shape index (κ2) is 8.95. The Hall–Kier alpha value is -4.06. The van der Waals surface area contributed by atoms with Crippen LogP contribution in [0.15, 0.2) is 30.6 Å². The van der Waals surface area contributed by atoms with Gasteiger partial charge in [-0.2, -0.15) is 4.98 Å². The van der Waals surface area contributed by atoms with E-state index in [0.29, 0.717) is 18.0 Å². The summed E-state index contributed by atoms with van der Waals surface area (Å²) in [7, 11) is 0. The summed E-state index contributed by atoms with van der Waals surface area (Å²) in [5.74, 6) is 1.01. The van der Waals surface area contributed by atoms with Crippen molar-refractivity contribution in [2.75, 3.05) is 47.2 Å². The summed E-state index contributed by atoms with van der Waals surface area (Å²) in [5.41, 5.74) is 1.42. The number of nitrogens with one attached hydrogen (secondary N) is 3. The highest BCUT2D eigenvalue weighted by atomic mass is 19.1. The fourth-order valence-corrected chi connectivity index (χ4v) is 3.96. The average Bonchev–Trinajstić information content (AvgIpc) is 2.80. The molecule has 0 radical (unpaired) electrons. The lowest BCUT2D eigenvalue weighted by atomic mass is 10.1. The van der Waals surface area contributed by atoms with E-state index in [9.17, 15) is 9.18 Å². The minimum atomic E-state index is -0.657. The van der Waals surface area contributed by atoms with Crippen molar-refractivity contribution in [1.82, 2.24) is 19.9 Å². The number of ether oxygens (including phenoxy) is 2. The molecule has 0 aliphatic carbocycles. The Morgan fingerprint density at radius 1 is 1.17 bits per heavy atom. The van der Waals surface area contributed by atoms with E-state index >= 15 is 0 Å². The normalized spacial score (nSPS) is 16.7. The van der Waals surface area contributed by atoms with Crippen LogP contribution < -0.4 is 25.6 Å². The van der Waals surface area contributed by atoms with Crippen molar-refractivity contribution in [2.24, 2.45) is 0 Å². The lowest BCUT2D eigenvalue weighted by molar-refractivity contribution is -0.118. The Morgan fingerprint density at radius 2 is 2.03 bits per heavy atom. The molecular weight excluding hydrogens is 455 g/mol. The zero-order valence-electron chi connectivity index (χ0n) is 19.6. The number of rotatable bonds is 5. The van der Waals surface area contributed by atoms with Gasteiger partial charge in [0.2, 0.25) is 5.95 Å². The van der Waals surface area contributed by atoms with E-state index < -0.39 is 5.82 Å². The minimum Gasteiger partial charge on any atom is -0.480 e. The molecule has 0 unspecified atom stereocenters. The van der Waals surface area contributed by atoms with Crippen LogP contribution in [-0.2, 0) is 9.53 Å². The Kier molecular flexibility index (Phi) is 5.81. The number of anilines is 6. The number of morpholine rings is 1. The summed E-state index contributed by atoms with van der Waals surface area (Å²) >= 11 is 0. The summed E-state index contributed by atoms with van der Waals surface area (Å²) in [6.45, 7) is 8.20. The molecule has 3 N–H and O–H groups in total. The number of carbonyl (C=O) groups is 1. The number of nitrogens with zero attached hydrogens (tertiary/aromatic N) is 5. The molecule has 3 aromatic rings. The average molecular weight is 481 g/mol. The monoisotopic (exact) mass is 480 g/mol. The summed E-state index contributed by atoms with van der Waals surface area (Å²) in [5, 5.41) is 8.50. The smallest absolute Gasteiger partial charge is 0.263 e. The molecule has 2 aliphatic heterocycles. The zero-order valence-corrected chi connectivity index (χ0v) is 19.6. The van der Waals surface area contributed by atoms with E-state index in [2.05, 4.69) is 54.6 Å². The van der Waals surface area contributed by atoms with Crippen molar-refractivity contribution in [3.05, 3.63) is 42.0 Å². The van der Waals surface area contributed by atoms with Gasteiger partial charge in [-0.05, 0) is 44.5 Å². The molecule has 35 heavy (non-hydrogen) atoms. The van der Waals surface area contributed by atoms with Crippen LogP contribution in [-0.4, -0.2) is 57.7 Å². The van der Waals surface area contributed by atoms with E-state index in [1.54, 1.807) is 18.3 Å². The fraction of sp³-hybridized carbons (Fsp3) is 0.348. The highest BCUT2D eigenvalue weighted by molar-refractivity contribution is 5.94. The highest BCUT2D eigenvalue weighted by Gasteiger charge is 2.28. The molecule has 11 nitrogen and oxygen atoms in total. The van der Waals surface area contributed by atoms with Crippen LogP contribution in [0.3, 0.4) is 0 Å². The molecule has 1 amide bonds. The zero-order chi connectivity index (χ0) is 24.6. The summed E-state index contributed by atoms with van der Waals surface area (Å²) in [6.07, 6.45) is 2.75. The van der Waals surface area contributed by atoms with Gasteiger partial charge < -0.3 is 30.3 Å². The van der Waals surface area contributed by atoms with Crippen molar-refractivity contribution in [2.45, 2.75) is 26.4 Å². The van der Waals surface area contributed by atoms with Crippen molar-refractivity contribution in [3.8, 4) is 5.75 Å². The van der Waals surface area contributed by atoms with Gasteiger partial charge in [-0.25, -0.2) is 19.3 Å². The van der Waals surface area contributed by atoms with Gasteiger partial charge >= 0.3 is 0 Å². The maximum atomic E-state index is 14.4. The molecule has 0 spiro atoms. The van der Waals surface area contributed by atoms with Crippen LogP contribution in [0.5, 0.6) is 5.75 Å². The summed E-state index contributed by atoms with van der Waals surface area (Å²) < 4.78 is 25.5. The maximum absolute atomic E-state index is 14.4. The molecule has 0 saturated carbocycles. The number of hydrogen-bond acceptors (Lipinski definition) is 10. The number of amides is 1. The van der Waals surface area contributed by atoms with E-state index in [0.717, 1.165) is 30.7 Å². The molecule has 1 fully saturated rings. The molecule has 182 valence electrons. The first-order valence-electron chi connectivity index (χ1n) is 11.1. The van der Waals surface area contributed by atoms with Crippen LogP contribution >= 0.6 is 0 Å². The van der Waals surface area contributed by atoms with Gasteiger partial charge in [-0.1, -0.05) is 0 Å². The van der Waals surface area contributed by atoms with E-state index in [1.807, 2.05) is 13.0 Å². The number of aryl methyl sites for hydroxylation is 1. The summed E-state index contributed by atoms with van der Waals surface area (Å²) in [4.78, 5) is 30.9. The van der Waals surface area contributed by atoms with E-state index in [-0.39, 0.29) is 41.5 Å². The van der Waals surface area contributed by atoms with Gasteiger partial charge in [0.05, 0.1) is 30.3 Å². The number of aromatic nitrogens is 4. The molecule has 1 saturated heterocycles. The standard InChI is InChI=1S/C23H25FN8O3/c1-13-8-14(9-25-21(13)32-6-7-35-23(2,3)12-32)27-22-26-10-15(24)19(31-22)28-17-5-4-16-20(29-17)30-18(33)11-34-16/h4-5,8-10H,6-7,11-12H2,1-3H3,(H3,26,27,28,29,30,31,33). The van der Waals surface area contributed by atoms with Gasteiger partial charge in [0.25, 0.3) is 5.91 Å². The Balaban J connectivity index is 1.32. The fourth-order valence-electron chi connectivity index (χ4n) is 3.96. The highest BCUT2D eigenvalue weighted by Crippen LogP contribution is 2.29. The van der Waals surface area contributed by atoms with E-state index in [4.69, 9.17) is 9.47 Å². The minimum absolute atomic E-state index is 0.0727. The number of carbonyl (C=O) groups excluding carboxylic acids is 1. The SMILES string of the molecule is Cc1cc(Nc2ncc(F)c(Nc3ccc4c(n3)NC(=O)CO4)n2)cnc1N1CCOC(C)(C)C1. The first-order valence-corrected chi connectivity index (χ1v) is 11.1. The number of fused-ring (bicyclic) bond motifs is 1. The van der Waals surface area contributed by atoms with Crippen molar-refractivity contribution < 1.29 is 18.7 Å². The first kappa shape index (κ1) is 22.7. The van der Waals surface area contributed by atoms with Crippen LogP contribution in [0.2, 0.25) is 0 Å². The maximum Gasteiger partial charge on any atom is 0.263 e. The van der Waals surface area contributed by atoms with Gasteiger partial charge in [0.1, 0.15) is 11.6 Å². The third-order valence-corrected chi connectivity index (χ3v) is 5.50.